The number of hydrogen-bond donors (Lipinski definition) is 1. The number of ether oxygens (including phenoxy) is 1. The first-order chi connectivity index (χ1) is 13.7. The van der Waals surface area contributed by atoms with Crippen LogP contribution in [0.2, 0.25) is 0 Å². The minimum Gasteiger partial charge on any atom is -0.494 e. The van der Waals surface area contributed by atoms with Gasteiger partial charge in [0.05, 0.1) is 18.0 Å². The van der Waals surface area contributed by atoms with E-state index < -0.39 is 10.0 Å². The van der Waals surface area contributed by atoms with Crippen molar-refractivity contribution >= 4 is 15.9 Å². The molecule has 0 spiro atoms. The lowest BCUT2D eigenvalue weighted by Crippen LogP contribution is -2.38. The molecule has 0 saturated heterocycles. The van der Waals surface area contributed by atoms with Crippen molar-refractivity contribution in [3.63, 3.8) is 0 Å². The average Bonchev–Trinajstić information content (AvgIpc) is 2.69. The van der Waals surface area contributed by atoms with Gasteiger partial charge in [-0.05, 0) is 61.2 Å². The van der Waals surface area contributed by atoms with E-state index in [1.165, 1.54) is 7.05 Å². The molecule has 0 bridgehead atoms. The third-order valence-corrected chi connectivity index (χ3v) is 6.51. The van der Waals surface area contributed by atoms with Gasteiger partial charge in [0, 0.05) is 13.6 Å². The highest BCUT2D eigenvalue weighted by atomic mass is 32.2. The van der Waals surface area contributed by atoms with Gasteiger partial charge in [-0.15, -0.1) is 0 Å². The molecule has 6 nitrogen and oxygen atoms in total. The number of amides is 1. The normalized spacial score (nSPS) is 11.5. The third kappa shape index (κ3) is 6.58. The summed E-state index contributed by atoms with van der Waals surface area (Å²) in [6.07, 6.45) is 2.05. The Bertz CT molecular complexity index is 942. The van der Waals surface area contributed by atoms with E-state index in [-0.39, 0.29) is 17.3 Å². The largest absolute Gasteiger partial charge is 0.494 e. The summed E-state index contributed by atoms with van der Waals surface area (Å²) in [5, 5.41) is 2.77. The standard InChI is InChI=1S/C22H30N2O4S/c1-5-6-12-28-20-9-7-8-19(14-20)15-23-22(25)16-24(4)29(26,27)21-11-10-17(2)18(3)13-21/h7-11,13-14H,5-6,12,15-16H2,1-4H3,(H,23,25). The second-order valence-corrected chi connectivity index (χ2v) is 9.18. The van der Waals surface area contributed by atoms with Crippen molar-refractivity contribution in [1.82, 2.24) is 9.62 Å². The Hall–Kier alpha value is -2.38. The van der Waals surface area contributed by atoms with Gasteiger partial charge in [0.15, 0.2) is 0 Å². The van der Waals surface area contributed by atoms with Gasteiger partial charge in [-0.3, -0.25) is 4.79 Å². The van der Waals surface area contributed by atoms with E-state index in [1.807, 2.05) is 38.1 Å². The Balaban J connectivity index is 1.93. The van der Waals surface area contributed by atoms with Crippen LogP contribution >= 0.6 is 0 Å². The molecule has 7 heteroatoms. The number of sulfonamides is 1. The van der Waals surface area contributed by atoms with E-state index in [0.717, 1.165) is 39.6 Å². The number of carbonyl (C=O) groups excluding carboxylic acids is 1. The molecule has 0 heterocycles. The summed E-state index contributed by atoms with van der Waals surface area (Å²) in [7, 11) is -2.31. The van der Waals surface area contributed by atoms with Crippen molar-refractivity contribution in [3.05, 3.63) is 59.2 Å². The summed E-state index contributed by atoms with van der Waals surface area (Å²) in [6.45, 7) is 6.61. The molecule has 0 aliphatic carbocycles. The van der Waals surface area contributed by atoms with Gasteiger partial charge in [-0.1, -0.05) is 31.5 Å². The van der Waals surface area contributed by atoms with E-state index in [2.05, 4.69) is 12.2 Å². The van der Waals surface area contributed by atoms with Crippen molar-refractivity contribution in [2.24, 2.45) is 0 Å². The van der Waals surface area contributed by atoms with Crippen LogP contribution in [0.5, 0.6) is 5.75 Å². The average molecular weight is 419 g/mol. The predicted molar refractivity (Wildman–Crippen MR) is 114 cm³/mol. The highest BCUT2D eigenvalue weighted by Crippen LogP contribution is 2.18. The van der Waals surface area contributed by atoms with Gasteiger partial charge in [-0.25, -0.2) is 8.42 Å². The number of unbranched alkanes of at least 4 members (excludes halogenated alkanes) is 1. The van der Waals surface area contributed by atoms with Crippen LogP contribution < -0.4 is 10.1 Å². The van der Waals surface area contributed by atoms with Crippen LogP contribution in [0.1, 0.15) is 36.5 Å². The van der Waals surface area contributed by atoms with Gasteiger partial charge in [0.2, 0.25) is 15.9 Å². The molecule has 158 valence electrons. The summed E-state index contributed by atoms with van der Waals surface area (Å²) in [6, 6.07) is 12.5. The maximum Gasteiger partial charge on any atom is 0.243 e. The number of likely N-dealkylation sites (N-methyl/N-ethyl adjacent to an activating group) is 1. The number of carbonyl (C=O) groups is 1. The van der Waals surface area contributed by atoms with Gasteiger partial charge in [0.25, 0.3) is 0 Å². The molecule has 2 rings (SSSR count). The van der Waals surface area contributed by atoms with Gasteiger partial charge < -0.3 is 10.1 Å². The Kier molecular flexibility index (Phi) is 8.22. The molecule has 0 aromatic heterocycles. The highest BCUT2D eigenvalue weighted by Gasteiger charge is 2.23. The van der Waals surface area contributed by atoms with Crippen molar-refractivity contribution in [2.75, 3.05) is 20.2 Å². The summed E-state index contributed by atoms with van der Waals surface area (Å²) in [5.74, 6) is 0.400. The van der Waals surface area contributed by atoms with Crippen molar-refractivity contribution in [2.45, 2.75) is 45.1 Å². The number of benzene rings is 2. The molecule has 1 amide bonds. The maximum absolute atomic E-state index is 12.7. The first kappa shape index (κ1) is 22.9. The molecular formula is C22H30N2O4S. The Morgan fingerprint density at radius 1 is 1.10 bits per heavy atom. The van der Waals surface area contributed by atoms with Crippen LogP contribution in [0, 0.1) is 13.8 Å². The maximum atomic E-state index is 12.7. The number of nitrogens with zero attached hydrogens (tertiary/aromatic N) is 1. The minimum atomic E-state index is -3.72. The Labute approximate surface area is 173 Å². The molecule has 29 heavy (non-hydrogen) atoms. The number of nitrogens with one attached hydrogen (secondary N) is 1. The van der Waals surface area contributed by atoms with Gasteiger partial charge in [-0.2, -0.15) is 4.31 Å². The van der Waals surface area contributed by atoms with Crippen molar-refractivity contribution < 1.29 is 17.9 Å². The molecule has 0 fully saturated rings. The zero-order valence-electron chi connectivity index (χ0n) is 17.6. The molecule has 0 aliphatic heterocycles. The molecule has 2 aromatic rings. The summed E-state index contributed by atoms with van der Waals surface area (Å²) in [4.78, 5) is 12.5. The molecule has 0 atom stereocenters. The SMILES string of the molecule is CCCCOc1cccc(CNC(=O)CN(C)S(=O)(=O)c2ccc(C)c(C)c2)c1. The summed E-state index contributed by atoms with van der Waals surface area (Å²) < 4.78 is 32.1. The number of hydrogen-bond acceptors (Lipinski definition) is 4. The van der Waals surface area contributed by atoms with Crippen LogP contribution in [0.3, 0.4) is 0 Å². The van der Waals surface area contributed by atoms with Crippen LogP contribution in [0.4, 0.5) is 0 Å². The van der Waals surface area contributed by atoms with E-state index >= 15 is 0 Å². The second-order valence-electron chi connectivity index (χ2n) is 7.13. The third-order valence-electron chi connectivity index (χ3n) is 4.71. The fraction of sp³-hybridized carbons (Fsp3) is 0.409. The minimum absolute atomic E-state index is 0.188. The fourth-order valence-electron chi connectivity index (χ4n) is 2.68. The lowest BCUT2D eigenvalue weighted by molar-refractivity contribution is -0.121. The Morgan fingerprint density at radius 2 is 1.86 bits per heavy atom. The van der Waals surface area contributed by atoms with Crippen LogP contribution in [-0.4, -0.2) is 38.8 Å². The molecule has 1 N–H and O–H groups in total. The Morgan fingerprint density at radius 3 is 2.55 bits per heavy atom. The fourth-order valence-corrected chi connectivity index (χ4v) is 3.89. The monoisotopic (exact) mass is 418 g/mol. The quantitative estimate of drug-likeness (QED) is 0.600. The van der Waals surface area contributed by atoms with E-state index in [0.29, 0.717) is 13.2 Å². The molecule has 0 saturated carbocycles. The molecule has 2 aromatic carbocycles. The summed E-state index contributed by atoms with van der Waals surface area (Å²) in [5.41, 5.74) is 2.81. The lowest BCUT2D eigenvalue weighted by Gasteiger charge is -2.17. The van der Waals surface area contributed by atoms with Crippen LogP contribution in [-0.2, 0) is 21.4 Å². The smallest absolute Gasteiger partial charge is 0.243 e. The van der Waals surface area contributed by atoms with Gasteiger partial charge in [0.1, 0.15) is 5.75 Å². The zero-order chi connectivity index (χ0) is 21.4. The molecule has 0 unspecified atom stereocenters. The first-order valence-corrected chi connectivity index (χ1v) is 11.2. The first-order valence-electron chi connectivity index (χ1n) is 9.76. The number of rotatable bonds is 10. The topological polar surface area (TPSA) is 75.7 Å². The molecular weight excluding hydrogens is 388 g/mol. The van der Waals surface area contributed by atoms with Crippen molar-refractivity contribution in [3.8, 4) is 5.75 Å². The van der Waals surface area contributed by atoms with Crippen LogP contribution in [0.25, 0.3) is 0 Å². The van der Waals surface area contributed by atoms with Gasteiger partial charge >= 0.3 is 0 Å². The van der Waals surface area contributed by atoms with E-state index in [9.17, 15) is 13.2 Å². The molecule has 0 aliphatic rings. The van der Waals surface area contributed by atoms with Crippen LogP contribution in [0.15, 0.2) is 47.4 Å². The second kappa shape index (κ2) is 10.4. The number of aryl methyl sites for hydroxylation is 2. The zero-order valence-corrected chi connectivity index (χ0v) is 18.4. The summed E-state index contributed by atoms with van der Waals surface area (Å²) >= 11 is 0. The van der Waals surface area contributed by atoms with Crippen molar-refractivity contribution in [1.29, 1.82) is 0 Å². The highest BCUT2D eigenvalue weighted by molar-refractivity contribution is 7.89. The predicted octanol–water partition coefficient (Wildman–Crippen LogP) is 3.42. The van der Waals surface area contributed by atoms with E-state index in [1.54, 1.807) is 18.2 Å². The van der Waals surface area contributed by atoms with E-state index in [4.69, 9.17) is 4.74 Å². The lowest BCUT2D eigenvalue weighted by atomic mass is 10.1. The molecule has 0 radical (unpaired) electrons.